The van der Waals surface area contributed by atoms with Crippen molar-refractivity contribution >= 4 is 28.1 Å². The van der Waals surface area contributed by atoms with Gasteiger partial charge in [-0.15, -0.1) is 0 Å². The van der Waals surface area contributed by atoms with Crippen molar-refractivity contribution in [1.29, 1.82) is 0 Å². The zero-order valence-corrected chi connectivity index (χ0v) is 18.7. The maximum Gasteiger partial charge on any atom is 0.259 e. The Balaban J connectivity index is 1.44. The van der Waals surface area contributed by atoms with E-state index in [0.29, 0.717) is 17.1 Å². The van der Waals surface area contributed by atoms with Gasteiger partial charge in [-0.2, -0.15) is 0 Å². The number of aromatic nitrogens is 2. The quantitative estimate of drug-likeness (QED) is 0.575. The number of aromatic amines is 1. The van der Waals surface area contributed by atoms with Gasteiger partial charge in [-0.05, 0) is 73.6 Å². The summed E-state index contributed by atoms with van der Waals surface area (Å²) < 4.78 is 0. The van der Waals surface area contributed by atoms with Gasteiger partial charge in [0.2, 0.25) is 0 Å². The average Bonchev–Trinajstić information content (AvgIpc) is 2.85. The van der Waals surface area contributed by atoms with Crippen LogP contribution in [0.2, 0.25) is 0 Å². The van der Waals surface area contributed by atoms with Gasteiger partial charge < -0.3 is 25.4 Å². The SMILES string of the molecule is CCN1CCN(c2cc3cc[nH]c(=O)c3c(Nc3ccc(C4CCNCC4)cc3)n2)CC1. The van der Waals surface area contributed by atoms with E-state index < -0.39 is 0 Å². The van der Waals surface area contributed by atoms with Crippen molar-refractivity contribution in [2.24, 2.45) is 0 Å². The number of hydrogen-bond donors (Lipinski definition) is 3. The monoisotopic (exact) mass is 432 g/mol. The third-order valence-electron chi connectivity index (χ3n) is 6.87. The first kappa shape index (κ1) is 21.0. The Morgan fingerprint density at radius 3 is 2.53 bits per heavy atom. The van der Waals surface area contributed by atoms with Crippen molar-refractivity contribution in [2.75, 3.05) is 56.0 Å². The van der Waals surface area contributed by atoms with E-state index in [-0.39, 0.29) is 5.56 Å². The highest BCUT2D eigenvalue weighted by Crippen LogP contribution is 2.29. The largest absolute Gasteiger partial charge is 0.354 e. The molecule has 2 aliphatic heterocycles. The van der Waals surface area contributed by atoms with Crippen LogP contribution in [0.5, 0.6) is 0 Å². The second-order valence-electron chi connectivity index (χ2n) is 8.79. The minimum atomic E-state index is -0.119. The zero-order chi connectivity index (χ0) is 21.9. The Bertz CT molecular complexity index is 1110. The van der Waals surface area contributed by atoms with Crippen LogP contribution in [-0.4, -0.2) is 60.7 Å². The van der Waals surface area contributed by atoms with Crippen LogP contribution < -0.4 is 21.1 Å². The van der Waals surface area contributed by atoms with Gasteiger partial charge >= 0.3 is 0 Å². The van der Waals surface area contributed by atoms with Crippen LogP contribution in [0, 0.1) is 0 Å². The first-order valence-electron chi connectivity index (χ1n) is 11.8. The molecule has 0 saturated carbocycles. The van der Waals surface area contributed by atoms with Crippen molar-refractivity contribution in [3.05, 3.63) is 58.5 Å². The van der Waals surface area contributed by atoms with E-state index in [0.717, 1.165) is 62.7 Å². The number of rotatable bonds is 5. The van der Waals surface area contributed by atoms with Crippen molar-refractivity contribution in [1.82, 2.24) is 20.2 Å². The van der Waals surface area contributed by atoms with Gasteiger partial charge in [0.05, 0.1) is 5.39 Å². The summed E-state index contributed by atoms with van der Waals surface area (Å²) >= 11 is 0. The Morgan fingerprint density at radius 2 is 1.81 bits per heavy atom. The summed E-state index contributed by atoms with van der Waals surface area (Å²) in [5, 5.41) is 8.38. The predicted octanol–water partition coefficient (Wildman–Crippen LogP) is 3.28. The molecule has 168 valence electrons. The van der Waals surface area contributed by atoms with Crippen LogP contribution in [-0.2, 0) is 0 Å². The summed E-state index contributed by atoms with van der Waals surface area (Å²) in [6.45, 7) is 9.41. The van der Waals surface area contributed by atoms with E-state index in [1.807, 2.05) is 12.1 Å². The number of fused-ring (bicyclic) bond motifs is 1. The highest BCUT2D eigenvalue weighted by molar-refractivity contribution is 5.94. The number of hydrogen-bond acceptors (Lipinski definition) is 6. The summed E-state index contributed by atoms with van der Waals surface area (Å²) in [7, 11) is 0. The van der Waals surface area contributed by atoms with Crippen molar-refractivity contribution in [3.63, 3.8) is 0 Å². The number of H-pyrrole nitrogens is 1. The third kappa shape index (κ3) is 4.36. The van der Waals surface area contributed by atoms with E-state index in [1.54, 1.807) is 6.20 Å². The maximum absolute atomic E-state index is 12.7. The van der Waals surface area contributed by atoms with Gasteiger partial charge in [0, 0.05) is 38.1 Å². The molecule has 0 spiro atoms. The second-order valence-corrected chi connectivity index (χ2v) is 8.79. The highest BCUT2D eigenvalue weighted by atomic mass is 16.1. The average molecular weight is 433 g/mol. The van der Waals surface area contributed by atoms with Gasteiger partial charge in [0.1, 0.15) is 11.6 Å². The Hall–Kier alpha value is -2.90. The van der Waals surface area contributed by atoms with Gasteiger partial charge in [0.25, 0.3) is 5.56 Å². The van der Waals surface area contributed by atoms with Crippen LogP contribution in [0.4, 0.5) is 17.3 Å². The van der Waals surface area contributed by atoms with Crippen molar-refractivity contribution < 1.29 is 0 Å². The minimum absolute atomic E-state index is 0.119. The first-order valence-corrected chi connectivity index (χ1v) is 11.8. The van der Waals surface area contributed by atoms with E-state index in [9.17, 15) is 4.79 Å². The molecule has 7 heteroatoms. The molecule has 3 aromatic rings. The number of nitrogens with zero attached hydrogens (tertiary/aromatic N) is 3. The molecule has 5 rings (SSSR count). The van der Waals surface area contributed by atoms with E-state index in [4.69, 9.17) is 4.98 Å². The molecule has 2 fully saturated rings. The molecule has 0 aliphatic carbocycles. The molecule has 0 amide bonds. The molecule has 7 nitrogen and oxygen atoms in total. The topological polar surface area (TPSA) is 76.3 Å². The lowest BCUT2D eigenvalue weighted by Crippen LogP contribution is -2.46. The van der Waals surface area contributed by atoms with Crippen molar-refractivity contribution in [2.45, 2.75) is 25.7 Å². The number of benzene rings is 1. The van der Waals surface area contributed by atoms with E-state index in [1.165, 1.54) is 18.4 Å². The molecule has 0 unspecified atom stereocenters. The second kappa shape index (κ2) is 9.30. The summed E-state index contributed by atoms with van der Waals surface area (Å²) in [5.41, 5.74) is 2.22. The fourth-order valence-electron chi connectivity index (χ4n) is 4.88. The molecule has 4 heterocycles. The van der Waals surface area contributed by atoms with Crippen LogP contribution in [0.25, 0.3) is 10.8 Å². The number of nitrogens with one attached hydrogen (secondary N) is 3. The van der Waals surface area contributed by atoms with Crippen LogP contribution in [0.1, 0.15) is 31.2 Å². The first-order chi connectivity index (χ1) is 15.7. The molecule has 2 aliphatic rings. The predicted molar refractivity (Wildman–Crippen MR) is 131 cm³/mol. The fraction of sp³-hybridized carbons (Fsp3) is 0.440. The molecule has 0 radical (unpaired) electrons. The van der Waals surface area contributed by atoms with Gasteiger partial charge in [-0.1, -0.05) is 19.1 Å². The van der Waals surface area contributed by atoms with Crippen molar-refractivity contribution in [3.8, 4) is 0 Å². The number of piperazine rings is 1. The lowest BCUT2D eigenvalue weighted by molar-refractivity contribution is 0.270. The minimum Gasteiger partial charge on any atom is -0.354 e. The summed E-state index contributed by atoms with van der Waals surface area (Å²) in [4.78, 5) is 25.1. The zero-order valence-electron chi connectivity index (χ0n) is 18.7. The maximum atomic E-state index is 12.7. The van der Waals surface area contributed by atoms with Crippen LogP contribution in [0.15, 0.2) is 47.4 Å². The number of likely N-dealkylation sites (N-methyl/N-ethyl adjacent to an activating group) is 1. The van der Waals surface area contributed by atoms with E-state index in [2.05, 4.69) is 56.6 Å². The standard InChI is InChI=1S/C25H32N6O/c1-2-30-13-15-31(16-14-30)22-17-20-9-12-27-25(32)23(20)24(29-22)28-21-5-3-18(4-6-21)19-7-10-26-11-8-19/h3-6,9,12,17,19,26H,2,7-8,10-11,13-16H2,1H3,(H,27,32)(H,28,29). The number of anilines is 3. The smallest absolute Gasteiger partial charge is 0.259 e. The third-order valence-corrected chi connectivity index (χ3v) is 6.87. The van der Waals surface area contributed by atoms with Gasteiger partial charge in [-0.25, -0.2) is 4.98 Å². The molecule has 2 saturated heterocycles. The van der Waals surface area contributed by atoms with Gasteiger partial charge in [0.15, 0.2) is 0 Å². The lowest BCUT2D eigenvalue weighted by Gasteiger charge is -2.35. The number of pyridine rings is 2. The highest BCUT2D eigenvalue weighted by Gasteiger charge is 2.20. The molecule has 32 heavy (non-hydrogen) atoms. The van der Waals surface area contributed by atoms with Crippen LogP contribution in [0.3, 0.4) is 0 Å². The Morgan fingerprint density at radius 1 is 1.06 bits per heavy atom. The molecular formula is C25H32N6O. The summed E-state index contributed by atoms with van der Waals surface area (Å²) in [6, 6.07) is 12.6. The normalized spacial score (nSPS) is 18.2. The molecule has 0 bridgehead atoms. The molecule has 0 atom stereocenters. The summed E-state index contributed by atoms with van der Waals surface area (Å²) in [5.74, 6) is 2.16. The van der Waals surface area contributed by atoms with Gasteiger partial charge in [-0.3, -0.25) is 4.79 Å². The Kier molecular flexibility index (Phi) is 6.10. The molecular weight excluding hydrogens is 400 g/mol. The fourth-order valence-corrected chi connectivity index (χ4v) is 4.88. The molecule has 1 aromatic carbocycles. The van der Waals surface area contributed by atoms with E-state index >= 15 is 0 Å². The lowest BCUT2D eigenvalue weighted by atomic mass is 9.90. The summed E-state index contributed by atoms with van der Waals surface area (Å²) in [6.07, 6.45) is 4.07. The number of piperidine rings is 1. The molecule has 2 aromatic heterocycles. The van der Waals surface area contributed by atoms with Crippen LogP contribution >= 0.6 is 0 Å². The molecule has 3 N–H and O–H groups in total. The Labute approximate surface area is 188 Å².